The van der Waals surface area contributed by atoms with Crippen molar-refractivity contribution < 1.29 is 4.74 Å². The second-order valence-electron chi connectivity index (χ2n) is 4.93. The Balaban J connectivity index is 1.80. The van der Waals surface area contributed by atoms with E-state index >= 15 is 0 Å². The molecule has 0 saturated carbocycles. The van der Waals surface area contributed by atoms with Crippen molar-refractivity contribution in [2.24, 2.45) is 0 Å². The highest BCUT2D eigenvalue weighted by Gasteiger charge is 2.20. The molecule has 1 atom stereocenters. The van der Waals surface area contributed by atoms with Crippen LogP contribution < -0.4 is 10.1 Å². The van der Waals surface area contributed by atoms with Gasteiger partial charge in [0.05, 0.1) is 12.6 Å². The lowest BCUT2D eigenvalue weighted by Gasteiger charge is -2.26. The normalized spacial score (nSPS) is 18.1. The van der Waals surface area contributed by atoms with Crippen molar-refractivity contribution in [3.8, 4) is 5.75 Å². The van der Waals surface area contributed by atoms with Crippen molar-refractivity contribution >= 4 is 0 Å². The van der Waals surface area contributed by atoms with Gasteiger partial charge in [-0.15, -0.1) is 0 Å². The summed E-state index contributed by atoms with van der Waals surface area (Å²) in [6, 6.07) is 13.1. The predicted molar refractivity (Wildman–Crippen MR) is 76.5 cm³/mol. The number of fused-ring (bicyclic) bond motifs is 1. The molecule has 1 aromatic heterocycles. The van der Waals surface area contributed by atoms with Gasteiger partial charge in [-0.05, 0) is 36.2 Å². The minimum absolute atomic E-state index is 0.295. The van der Waals surface area contributed by atoms with Crippen LogP contribution in [-0.2, 0) is 6.54 Å². The van der Waals surface area contributed by atoms with E-state index < -0.39 is 0 Å². The molecule has 100 valence electrons. The Kier molecular flexibility index (Phi) is 3.56. The van der Waals surface area contributed by atoms with Crippen molar-refractivity contribution in [1.29, 1.82) is 0 Å². The Labute approximate surface area is 114 Å². The molecule has 0 radical (unpaired) electrons. The molecule has 0 fully saturated rings. The molecule has 1 aliphatic rings. The number of ether oxygens (including phenoxy) is 1. The van der Waals surface area contributed by atoms with Crippen LogP contribution in [0.5, 0.6) is 5.75 Å². The van der Waals surface area contributed by atoms with Crippen LogP contribution in [0, 0.1) is 0 Å². The van der Waals surface area contributed by atoms with Gasteiger partial charge in [0.25, 0.3) is 0 Å². The molecule has 0 amide bonds. The van der Waals surface area contributed by atoms with Crippen LogP contribution in [0.4, 0.5) is 0 Å². The summed E-state index contributed by atoms with van der Waals surface area (Å²) in [5.74, 6) is 0.955. The molecule has 3 rings (SSSR count). The molecule has 0 saturated heterocycles. The number of nitrogens with zero attached hydrogens (tertiary/aromatic N) is 1. The van der Waals surface area contributed by atoms with E-state index in [0.717, 1.165) is 31.9 Å². The third kappa shape index (κ3) is 2.51. The zero-order valence-corrected chi connectivity index (χ0v) is 11.3. The van der Waals surface area contributed by atoms with Crippen molar-refractivity contribution in [3.63, 3.8) is 0 Å². The number of hydrogen-bond acceptors (Lipinski definition) is 2. The SMILES string of the molecule is CCCOc1ccc(C2NCCn3cccc32)cc1. The molecule has 0 spiro atoms. The van der Waals surface area contributed by atoms with Gasteiger partial charge < -0.3 is 14.6 Å². The van der Waals surface area contributed by atoms with E-state index in [1.54, 1.807) is 0 Å². The Morgan fingerprint density at radius 3 is 2.89 bits per heavy atom. The van der Waals surface area contributed by atoms with Crippen molar-refractivity contribution in [3.05, 3.63) is 53.9 Å². The van der Waals surface area contributed by atoms with Gasteiger partial charge in [0.1, 0.15) is 5.75 Å². The summed E-state index contributed by atoms with van der Waals surface area (Å²) in [5.41, 5.74) is 2.64. The standard InChI is InChI=1S/C16H20N2O/c1-2-12-19-14-7-5-13(6-8-14)16-15-4-3-10-18(15)11-9-17-16/h3-8,10,16-17H,2,9,11-12H2,1H3. The van der Waals surface area contributed by atoms with Crippen molar-refractivity contribution in [2.45, 2.75) is 25.9 Å². The quantitative estimate of drug-likeness (QED) is 0.910. The molecule has 1 aromatic carbocycles. The van der Waals surface area contributed by atoms with Crippen LogP contribution in [0.3, 0.4) is 0 Å². The average molecular weight is 256 g/mol. The highest BCUT2D eigenvalue weighted by Crippen LogP contribution is 2.26. The fourth-order valence-corrected chi connectivity index (χ4v) is 2.59. The van der Waals surface area contributed by atoms with E-state index in [4.69, 9.17) is 4.74 Å². The van der Waals surface area contributed by atoms with Gasteiger partial charge in [0.2, 0.25) is 0 Å². The van der Waals surface area contributed by atoms with Crippen LogP contribution in [0.2, 0.25) is 0 Å². The van der Waals surface area contributed by atoms with Crippen LogP contribution in [0.1, 0.15) is 30.6 Å². The number of benzene rings is 1. The summed E-state index contributed by atoms with van der Waals surface area (Å²) < 4.78 is 7.95. The monoisotopic (exact) mass is 256 g/mol. The number of hydrogen-bond donors (Lipinski definition) is 1. The molecule has 3 nitrogen and oxygen atoms in total. The lowest BCUT2D eigenvalue weighted by Crippen LogP contribution is -2.33. The Morgan fingerprint density at radius 1 is 1.26 bits per heavy atom. The summed E-state index contributed by atoms with van der Waals surface area (Å²) in [6.45, 7) is 4.97. The largest absolute Gasteiger partial charge is 0.494 e. The molecular weight excluding hydrogens is 236 g/mol. The fourth-order valence-electron chi connectivity index (χ4n) is 2.59. The molecule has 19 heavy (non-hydrogen) atoms. The predicted octanol–water partition coefficient (Wildman–Crippen LogP) is 2.97. The van der Waals surface area contributed by atoms with Crippen LogP contribution in [0.25, 0.3) is 0 Å². The molecule has 3 heteroatoms. The van der Waals surface area contributed by atoms with E-state index in [1.807, 2.05) is 0 Å². The maximum atomic E-state index is 5.63. The first kappa shape index (κ1) is 12.3. The maximum absolute atomic E-state index is 5.63. The van der Waals surface area contributed by atoms with E-state index in [9.17, 15) is 0 Å². The summed E-state index contributed by atoms with van der Waals surface area (Å²) in [4.78, 5) is 0. The van der Waals surface area contributed by atoms with E-state index in [0.29, 0.717) is 6.04 Å². The van der Waals surface area contributed by atoms with Crippen LogP contribution in [0.15, 0.2) is 42.6 Å². The van der Waals surface area contributed by atoms with Gasteiger partial charge in [0.15, 0.2) is 0 Å². The Bertz CT molecular complexity index is 530. The first-order valence-corrected chi connectivity index (χ1v) is 6.99. The highest BCUT2D eigenvalue weighted by molar-refractivity contribution is 5.34. The van der Waals surface area contributed by atoms with Gasteiger partial charge >= 0.3 is 0 Å². The third-order valence-corrected chi connectivity index (χ3v) is 3.55. The second-order valence-corrected chi connectivity index (χ2v) is 4.93. The lowest BCUT2D eigenvalue weighted by molar-refractivity contribution is 0.317. The summed E-state index contributed by atoms with van der Waals surface area (Å²) >= 11 is 0. The molecular formula is C16H20N2O. The minimum Gasteiger partial charge on any atom is -0.494 e. The number of nitrogens with one attached hydrogen (secondary N) is 1. The van der Waals surface area contributed by atoms with Gasteiger partial charge in [0, 0.05) is 25.0 Å². The van der Waals surface area contributed by atoms with Crippen molar-refractivity contribution in [2.75, 3.05) is 13.2 Å². The molecule has 2 heterocycles. The average Bonchev–Trinajstić information content (AvgIpc) is 2.94. The summed E-state index contributed by atoms with van der Waals surface area (Å²) in [7, 11) is 0. The molecule has 2 aromatic rings. The Morgan fingerprint density at radius 2 is 2.11 bits per heavy atom. The maximum Gasteiger partial charge on any atom is 0.119 e. The van der Waals surface area contributed by atoms with Gasteiger partial charge in [-0.1, -0.05) is 19.1 Å². The fraction of sp³-hybridized carbons (Fsp3) is 0.375. The lowest BCUT2D eigenvalue weighted by atomic mass is 10.0. The first-order valence-electron chi connectivity index (χ1n) is 6.99. The van der Waals surface area contributed by atoms with Crippen LogP contribution in [-0.4, -0.2) is 17.7 Å². The Hall–Kier alpha value is -1.74. The molecule has 1 N–H and O–H groups in total. The third-order valence-electron chi connectivity index (χ3n) is 3.55. The molecule has 1 aliphatic heterocycles. The van der Waals surface area contributed by atoms with E-state index in [2.05, 4.69) is 59.4 Å². The zero-order valence-electron chi connectivity index (χ0n) is 11.3. The number of aromatic nitrogens is 1. The van der Waals surface area contributed by atoms with Gasteiger partial charge in [-0.2, -0.15) is 0 Å². The van der Waals surface area contributed by atoms with Crippen LogP contribution >= 0.6 is 0 Å². The summed E-state index contributed by atoms with van der Waals surface area (Å²) in [5, 5.41) is 3.58. The highest BCUT2D eigenvalue weighted by atomic mass is 16.5. The van der Waals surface area contributed by atoms with E-state index in [1.165, 1.54) is 11.3 Å². The zero-order chi connectivity index (χ0) is 13.1. The molecule has 0 bridgehead atoms. The van der Waals surface area contributed by atoms with E-state index in [-0.39, 0.29) is 0 Å². The number of rotatable bonds is 4. The van der Waals surface area contributed by atoms with Gasteiger partial charge in [-0.3, -0.25) is 0 Å². The first-order chi connectivity index (χ1) is 9.38. The van der Waals surface area contributed by atoms with Crippen molar-refractivity contribution in [1.82, 2.24) is 9.88 Å². The topological polar surface area (TPSA) is 26.2 Å². The smallest absolute Gasteiger partial charge is 0.119 e. The second kappa shape index (κ2) is 5.49. The minimum atomic E-state index is 0.295. The van der Waals surface area contributed by atoms with Gasteiger partial charge in [-0.25, -0.2) is 0 Å². The molecule has 1 unspecified atom stereocenters. The summed E-state index contributed by atoms with van der Waals surface area (Å²) in [6.07, 6.45) is 3.20. The molecule has 0 aliphatic carbocycles.